The molecule has 0 radical (unpaired) electrons. The van der Waals surface area contributed by atoms with Crippen molar-refractivity contribution in [3.8, 4) is 45.6 Å². The number of ether oxygens (including phenoxy) is 2. The molecule has 612 valence electrons. The van der Waals surface area contributed by atoms with Crippen LogP contribution in [0, 0.1) is 0 Å². The van der Waals surface area contributed by atoms with Crippen molar-refractivity contribution in [2.75, 3.05) is 81.0 Å². The Hall–Kier alpha value is -14.0. The standard InChI is InChI=1S/C16H21N5O4.C15H18N4O4.C15H18N4O3.C14H16N4O4.C10H9NO4.C7H7NO/c1-20(25-2)16(24)13-10-14(12-6-3-4-7-17-12)21(19-13)9-5-8-18-15(23)11-22;1-23-15(22)12-9-13(11-5-2-3-6-16-11)19(18-12)8-4-7-17-14(21)10-20;1-11(21)13-9-14(12-5-2-3-6-16-12)19(18-13)8-4-7-17-15(22)10-20;19-9-13(20)16-6-3-7-18-12(8-11(17-18)14(21)22)10-4-1-2-5-15-10;1-15-10(14)9(13)6-8(12)7-4-2-3-5-11-7;1-6(9)7-4-2-3-5-8-7/h3-4,6-7,10,22H,5,8-9,11H2,1-2H3,(H,18,23);2-3,5-6,9,20H,4,7-8,10H2,1H3,(H,17,21);2-3,5-6,9,20H,4,7-8,10H2,1H3,(H,17,22);1-2,4-5,8,19H,3,6-7,9H2,(H,16,20)(H,21,22);2-5H,6H2,1H3;2-5H,1H3. The lowest BCUT2D eigenvalue weighted by Crippen LogP contribution is -2.28. The zero-order valence-electron chi connectivity index (χ0n) is 64.3. The number of aliphatic hydroxyl groups excluding tert-OH is 4. The first-order valence-electron chi connectivity index (χ1n) is 35.5. The van der Waals surface area contributed by atoms with E-state index in [-0.39, 0.29) is 40.2 Å². The highest BCUT2D eigenvalue weighted by Gasteiger charge is 2.23. The molecule has 10 aromatic heterocycles. The Morgan fingerprint density at radius 3 is 0.991 bits per heavy atom. The maximum Gasteiger partial charge on any atom is 0.374 e. The number of Topliss-reactive ketones (excluding diaryl/α,β-unsaturated/α-hetero) is 4. The van der Waals surface area contributed by atoms with E-state index in [0.29, 0.717) is 124 Å². The number of hydrogen-bond acceptors (Lipinski definition) is 29. The van der Waals surface area contributed by atoms with Crippen LogP contribution in [0.2, 0.25) is 0 Å². The molecule has 0 aromatic carbocycles. The Labute approximate surface area is 664 Å². The van der Waals surface area contributed by atoms with Gasteiger partial charge in [-0.2, -0.15) is 20.4 Å². The molecule has 10 aromatic rings. The van der Waals surface area contributed by atoms with E-state index in [1.54, 1.807) is 123 Å². The van der Waals surface area contributed by atoms with Crippen molar-refractivity contribution in [1.82, 2.24) is 95.4 Å². The first-order valence-corrected chi connectivity index (χ1v) is 35.5. The summed E-state index contributed by atoms with van der Waals surface area (Å²) < 4.78 is 15.5. The van der Waals surface area contributed by atoms with Gasteiger partial charge in [-0.25, -0.2) is 19.4 Å². The molecular weight excluding hydrogens is 1510 g/mol. The highest BCUT2D eigenvalue weighted by atomic mass is 16.7. The Balaban J connectivity index is 0.000000253. The first kappa shape index (κ1) is 92.6. The summed E-state index contributed by atoms with van der Waals surface area (Å²) in [7, 11) is 5.29. The van der Waals surface area contributed by atoms with E-state index in [2.05, 4.69) is 76.3 Å². The summed E-state index contributed by atoms with van der Waals surface area (Å²) in [6, 6.07) is 38.4. The summed E-state index contributed by atoms with van der Waals surface area (Å²) in [4.78, 5) is 164. The third-order valence-electron chi connectivity index (χ3n) is 15.3. The number of hydroxylamine groups is 2. The van der Waals surface area contributed by atoms with E-state index < -0.39 is 86.0 Å². The van der Waals surface area contributed by atoms with Crippen LogP contribution in [-0.2, 0) is 69.3 Å². The van der Waals surface area contributed by atoms with Crippen LogP contribution in [-0.4, -0.2) is 251 Å². The Bertz CT molecular complexity index is 4680. The number of carbonyl (C=O) groups excluding carboxylic acids is 11. The van der Waals surface area contributed by atoms with E-state index in [0.717, 1.165) is 23.6 Å². The van der Waals surface area contributed by atoms with Crippen LogP contribution in [0.15, 0.2) is 171 Å². The molecule has 0 aliphatic heterocycles. The molecule has 0 saturated carbocycles. The van der Waals surface area contributed by atoms with Gasteiger partial charge in [0.15, 0.2) is 34.4 Å². The highest BCUT2D eigenvalue weighted by molar-refractivity contribution is 6.38. The second-order valence-electron chi connectivity index (χ2n) is 23.7. The number of aryl methyl sites for hydroxylation is 4. The number of amides is 5. The van der Waals surface area contributed by atoms with Crippen LogP contribution in [0.1, 0.15) is 109 Å². The fourth-order valence-electron chi connectivity index (χ4n) is 9.63. The van der Waals surface area contributed by atoms with Gasteiger partial charge < -0.3 is 56.3 Å². The largest absolute Gasteiger partial charge is 0.476 e. The minimum Gasteiger partial charge on any atom is -0.476 e. The average Bonchev–Trinajstić information content (AvgIpc) is 1.70. The number of rotatable bonds is 34. The molecule has 0 saturated heterocycles. The molecule has 116 heavy (non-hydrogen) atoms. The van der Waals surface area contributed by atoms with Gasteiger partial charge in [0.25, 0.3) is 5.91 Å². The molecule has 0 unspecified atom stereocenters. The topological polar surface area (TPSA) is 534 Å². The lowest BCUT2D eigenvalue weighted by atomic mass is 10.1. The molecule has 39 heteroatoms. The van der Waals surface area contributed by atoms with E-state index in [1.165, 1.54) is 53.4 Å². The van der Waals surface area contributed by atoms with Crippen molar-refractivity contribution in [3.63, 3.8) is 0 Å². The molecule has 10 heterocycles. The number of carbonyl (C=O) groups is 12. The maximum absolute atomic E-state index is 12.3. The number of ketones is 4. The van der Waals surface area contributed by atoms with Gasteiger partial charge in [0.1, 0.15) is 43.5 Å². The van der Waals surface area contributed by atoms with Gasteiger partial charge in [0, 0.05) is 123 Å². The lowest BCUT2D eigenvalue weighted by molar-refractivity contribution is -0.151. The van der Waals surface area contributed by atoms with E-state index in [1.807, 2.05) is 48.5 Å². The number of nitrogens with one attached hydrogen (secondary N) is 4. The van der Waals surface area contributed by atoms with Gasteiger partial charge in [-0.3, -0.25) is 96.6 Å². The van der Waals surface area contributed by atoms with Crippen molar-refractivity contribution < 1.29 is 97.4 Å². The number of aromatic nitrogens is 14. The van der Waals surface area contributed by atoms with Gasteiger partial charge in [-0.1, -0.05) is 36.4 Å². The number of nitrogens with zero attached hydrogens (tertiary/aromatic N) is 15. The van der Waals surface area contributed by atoms with Crippen molar-refractivity contribution in [1.29, 1.82) is 0 Å². The number of aromatic carboxylic acids is 1. The fourth-order valence-corrected chi connectivity index (χ4v) is 9.63. The van der Waals surface area contributed by atoms with Gasteiger partial charge >= 0.3 is 17.9 Å². The summed E-state index contributed by atoms with van der Waals surface area (Å²) in [5.41, 5.74) is 6.96. The number of hydrogen-bond donors (Lipinski definition) is 9. The van der Waals surface area contributed by atoms with Crippen molar-refractivity contribution >= 4 is 70.6 Å². The summed E-state index contributed by atoms with van der Waals surface area (Å²) in [6.45, 7) is 4.32. The van der Waals surface area contributed by atoms with E-state index in [9.17, 15) is 57.5 Å². The Morgan fingerprint density at radius 2 is 0.698 bits per heavy atom. The molecule has 39 nitrogen and oxygen atoms in total. The highest BCUT2D eigenvalue weighted by Crippen LogP contribution is 2.23. The Kier molecular flexibility index (Phi) is 40.5. The molecule has 0 aliphatic rings. The van der Waals surface area contributed by atoms with E-state index in [4.69, 9.17) is 35.1 Å². The molecule has 0 atom stereocenters. The predicted molar refractivity (Wildman–Crippen MR) is 413 cm³/mol. The molecular formula is C77H89N19O20. The van der Waals surface area contributed by atoms with Crippen LogP contribution in [0.5, 0.6) is 0 Å². The zero-order chi connectivity index (χ0) is 84.7. The predicted octanol–water partition coefficient (Wildman–Crippen LogP) is 2.78. The maximum atomic E-state index is 12.3. The van der Waals surface area contributed by atoms with E-state index >= 15 is 0 Å². The normalized spacial score (nSPS) is 10.2. The lowest BCUT2D eigenvalue weighted by Gasteiger charge is -2.11. The van der Waals surface area contributed by atoms with Crippen LogP contribution in [0.3, 0.4) is 0 Å². The molecule has 9 N–H and O–H groups in total. The molecule has 0 aliphatic carbocycles. The van der Waals surface area contributed by atoms with Crippen LogP contribution < -0.4 is 21.3 Å². The number of carboxylic acids is 1. The molecule has 0 spiro atoms. The minimum absolute atomic E-state index is 0.00981. The molecule has 10 rings (SSSR count). The second kappa shape index (κ2) is 50.8. The third-order valence-corrected chi connectivity index (χ3v) is 15.3. The quantitative estimate of drug-likeness (QED) is 0.00699. The van der Waals surface area contributed by atoms with Crippen LogP contribution in [0.25, 0.3) is 45.6 Å². The molecule has 0 fully saturated rings. The summed E-state index contributed by atoms with van der Waals surface area (Å²) in [6.07, 6.45) is 11.5. The fraction of sp³-hybridized carbons (Fsp3) is 0.299. The number of carboxylic acid groups (broad SMARTS) is 1. The second-order valence-corrected chi connectivity index (χ2v) is 23.7. The van der Waals surface area contributed by atoms with Crippen LogP contribution in [0.4, 0.5) is 0 Å². The monoisotopic (exact) mass is 1600 g/mol. The first-order chi connectivity index (χ1) is 55.9. The van der Waals surface area contributed by atoms with Gasteiger partial charge in [0.05, 0.1) is 73.3 Å². The SMILES string of the molecule is CC(=O)c1cc(-c2ccccn2)n(CCCNC(=O)CO)n1.CC(=O)c1ccccn1.COC(=O)C(=O)CC(=O)c1ccccn1.COC(=O)c1cc(-c2ccccn2)n(CCCNC(=O)CO)n1.CON(C)C(=O)c1cc(-c2ccccn2)n(CCCNC(=O)CO)n1.O=C(CO)NCCCn1nc(C(=O)O)cc1-c1ccccn1. The number of methoxy groups -OCH3 is 2. The van der Waals surface area contributed by atoms with Gasteiger partial charge in [-0.15, -0.1) is 0 Å². The summed E-state index contributed by atoms with van der Waals surface area (Å²) in [5, 5.41) is 71.9. The van der Waals surface area contributed by atoms with Gasteiger partial charge in [-0.05, 0) is 111 Å². The Morgan fingerprint density at radius 1 is 0.388 bits per heavy atom. The molecule has 0 bridgehead atoms. The van der Waals surface area contributed by atoms with Crippen molar-refractivity contribution in [2.45, 2.75) is 72.1 Å². The number of pyridine rings is 6. The third kappa shape index (κ3) is 31.6. The number of aliphatic hydroxyl groups is 4. The van der Waals surface area contributed by atoms with Gasteiger partial charge in [0.2, 0.25) is 29.4 Å². The number of esters is 2. The summed E-state index contributed by atoms with van der Waals surface area (Å²) >= 11 is 0. The average molecular weight is 1600 g/mol. The molecule has 5 amide bonds. The minimum atomic E-state index is -1.11. The summed E-state index contributed by atoms with van der Waals surface area (Å²) in [5.74, 6) is -6.18. The van der Waals surface area contributed by atoms with Crippen LogP contribution >= 0.6 is 0 Å². The smallest absolute Gasteiger partial charge is 0.374 e. The zero-order valence-corrected chi connectivity index (χ0v) is 64.3. The van der Waals surface area contributed by atoms with Crippen molar-refractivity contribution in [3.05, 3.63) is 205 Å². The van der Waals surface area contributed by atoms with Crippen molar-refractivity contribution in [2.24, 2.45) is 0 Å².